The van der Waals surface area contributed by atoms with Crippen molar-refractivity contribution in [2.24, 2.45) is 0 Å². The number of nitrogens with zero attached hydrogens (tertiary/aromatic N) is 1. The zero-order valence-electron chi connectivity index (χ0n) is 6.76. The maximum Gasteiger partial charge on any atom is 0.0565 e. The normalized spacial score (nSPS) is 9.23. The van der Waals surface area contributed by atoms with Crippen molar-refractivity contribution in [3.63, 3.8) is 0 Å². The predicted molar refractivity (Wildman–Crippen MR) is 48.0 cm³/mol. The SMILES string of the molecule is [Fe].[NH-]c1cccc(-c2cn[nH]c2)c1. The Balaban J connectivity index is 0.000000845. The van der Waals surface area contributed by atoms with Crippen molar-refractivity contribution in [2.75, 3.05) is 0 Å². The molecule has 2 aromatic rings. The van der Waals surface area contributed by atoms with Gasteiger partial charge in [-0.1, -0.05) is 24.3 Å². The van der Waals surface area contributed by atoms with Crippen molar-refractivity contribution in [1.82, 2.24) is 10.2 Å². The Labute approximate surface area is 86.8 Å². The second-order valence-electron chi connectivity index (χ2n) is 2.57. The molecular formula is C9H8FeN3-. The van der Waals surface area contributed by atoms with E-state index in [2.05, 4.69) is 10.2 Å². The molecule has 68 valence electrons. The largest absolute Gasteiger partial charge is 0.699 e. The summed E-state index contributed by atoms with van der Waals surface area (Å²) in [4.78, 5) is 0. The Morgan fingerprint density at radius 3 is 2.69 bits per heavy atom. The van der Waals surface area contributed by atoms with Gasteiger partial charge in [-0.05, 0) is 5.56 Å². The van der Waals surface area contributed by atoms with Crippen LogP contribution in [0.4, 0.5) is 5.69 Å². The van der Waals surface area contributed by atoms with Gasteiger partial charge in [-0.15, -0.1) is 5.69 Å². The number of aromatic nitrogens is 2. The summed E-state index contributed by atoms with van der Waals surface area (Å²) in [6.07, 6.45) is 3.56. The fourth-order valence-corrected chi connectivity index (χ4v) is 1.11. The van der Waals surface area contributed by atoms with Crippen LogP contribution in [0.2, 0.25) is 0 Å². The summed E-state index contributed by atoms with van der Waals surface area (Å²) in [6.45, 7) is 0. The van der Waals surface area contributed by atoms with Crippen molar-refractivity contribution in [1.29, 1.82) is 0 Å². The van der Waals surface area contributed by atoms with Gasteiger partial charge < -0.3 is 5.73 Å². The molecule has 0 saturated carbocycles. The van der Waals surface area contributed by atoms with Gasteiger partial charge in [0.15, 0.2) is 0 Å². The molecule has 0 amide bonds. The van der Waals surface area contributed by atoms with Gasteiger partial charge in [0.05, 0.1) is 6.20 Å². The van der Waals surface area contributed by atoms with E-state index < -0.39 is 0 Å². The monoisotopic (exact) mass is 214 g/mol. The summed E-state index contributed by atoms with van der Waals surface area (Å²) in [5.41, 5.74) is 9.97. The Morgan fingerprint density at radius 2 is 2.08 bits per heavy atom. The smallest absolute Gasteiger partial charge is 0.0565 e. The molecule has 1 aromatic heterocycles. The average Bonchev–Trinajstić information content (AvgIpc) is 2.56. The van der Waals surface area contributed by atoms with Gasteiger partial charge >= 0.3 is 0 Å². The second kappa shape index (κ2) is 4.12. The third-order valence-electron chi connectivity index (χ3n) is 1.69. The topological polar surface area (TPSA) is 52.5 Å². The molecule has 2 N–H and O–H groups in total. The molecule has 0 spiro atoms. The number of nitrogens with one attached hydrogen (secondary N) is 2. The van der Waals surface area contributed by atoms with Crippen molar-refractivity contribution >= 4 is 5.69 Å². The molecule has 0 fully saturated rings. The van der Waals surface area contributed by atoms with Gasteiger partial charge in [0.1, 0.15) is 0 Å². The molecular weight excluding hydrogens is 206 g/mol. The van der Waals surface area contributed by atoms with Gasteiger partial charge in [0, 0.05) is 28.8 Å². The number of aromatic amines is 1. The Bertz CT molecular complexity index is 370. The third-order valence-corrected chi connectivity index (χ3v) is 1.69. The van der Waals surface area contributed by atoms with Gasteiger partial charge in [0.25, 0.3) is 0 Å². The summed E-state index contributed by atoms with van der Waals surface area (Å²) in [5.74, 6) is 0. The second-order valence-corrected chi connectivity index (χ2v) is 2.57. The average molecular weight is 214 g/mol. The van der Waals surface area contributed by atoms with Crippen LogP contribution in [0, 0.1) is 0 Å². The fraction of sp³-hybridized carbons (Fsp3) is 0. The number of hydrogen-bond acceptors (Lipinski definition) is 1. The van der Waals surface area contributed by atoms with E-state index in [1.165, 1.54) is 0 Å². The minimum absolute atomic E-state index is 0. The van der Waals surface area contributed by atoms with E-state index in [-0.39, 0.29) is 17.1 Å². The number of hydrogen-bond donors (Lipinski definition) is 1. The molecule has 13 heavy (non-hydrogen) atoms. The van der Waals surface area contributed by atoms with Crippen LogP contribution in [0.15, 0.2) is 36.7 Å². The first-order chi connectivity index (χ1) is 5.86. The Hall–Kier alpha value is -1.25. The number of H-pyrrole nitrogens is 1. The molecule has 2 rings (SSSR count). The number of benzene rings is 1. The summed E-state index contributed by atoms with van der Waals surface area (Å²) >= 11 is 0. The van der Waals surface area contributed by atoms with Crippen molar-refractivity contribution in [3.8, 4) is 11.1 Å². The standard InChI is InChI=1S/C9H8N3.Fe/c10-9-3-1-2-7(4-9)8-5-11-12-6-8;/h1-6,10H,(H,11,12);/q-1;. The third kappa shape index (κ3) is 2.11. The van der Waals surface area contributed by atoms with Gasteiger partial charge in [-0.2, -0.15) is 5.10 Å². The van der Waals surface area contributed by atoms with Crippen LogP contribution in [0.3, 0.4) is 0 Å². The Morgan fingerprint density at radius 1 is 1.23 bits per heavy atom. The molecule has 1 aromatic carbocycles. The van der Waals surface area contributed by atoms with Crippen molar-refractivity contribution in [3.05, 3.63) is 42.4 Å². The Kier molecular flexibility index (Phi) is 3.12. The van der Waals surface area contributed by atoms with E-state index in [0.29, 0.717) is 5.69 Å². The fourth-order valence-electron chi connectivity index (χ4n) is 1.11. The van der Waals surface area contributed by atoms with E-state index in [1.54, 1.807) is 12.3 Å². The van der Waals surface area contributed by atoms with Crippen LogP contribution in [0.25, 0.3) is 16.9 Å². The van der Waals surface area contributed by atoms with E-state index in [1.807, 2.05) is 24.4 Å². The van der Waals surface area contributed by atoms with Crippen LogP contribution >= 0.6 is 0 Å². The molecule has 0 atom stereocenters. The molecule has 0 saturated heterocycles. The molecule has 0 aliphatic rings. The maximum absolute atomic E-state index is 7.41. The quantitative estimate of drug-likeness (QED) is 0.729. The molecule has 0 bridgehead atoms. The van der Waals surface area contributed by atoms with E-state index in [0.717, 1.165) is 11.1 Å². The number of rotatable bonds is 1. The molecule has 4 heteroatoms. The van der Waals surface area contributed by atoms with Gasteiger partial charge in [-0.3, -0.25) is 5.10 Å². The molecule has 0 aliphatic carbocycles. The molecule has 0 radical (unpaired) electrons. The summed E-state index contributed by atoms with van der Waals surface area (Å²) in [6, 6.07) is 7.39. The van der Waals surface area contributed by atoms with Crippen LogP contribution in [-0.2, 0) is 17.1 Å². The first-order valence-electron chi connectivity index (χ1n) is 3.67. The van der Waals surface area contributed by atoms with E-state index in [9.17, 15) is 0 Å². The minimum Gasteiger partial charge on any atom is -0.699 e. The van der Waals surface area contributed by atoms with Crippen LogP contribution < -0.4 is 0 Å². The maximum atomic E-state index is 7.41. The van der Waals surface area contributed by atoms with Crippen LogP contribution in [0.1, 0.15) is 0 Å². The minimum atomic E-state index is 0. The van der Waals surface area contributed by atoms with Crippen LogP contribution in [-0.4, -0.2) is 10.2 Å². The van der Waals surface area contributed by atoms with E-state index >= 15 is 0 Å². The van der Waals surface area contributed by atoms with Gasteiger partial charge in [0.2, 0.25) is 0 Å². The zero-order valence-corrected chi connectivity index (χ0v) is 7.87. The van der Waals surface area contributed by atoms with Crippen molar-refractivity contribution < 1.29 is 17.1 Å². The van der Waals surface area contributed by atoms with Crippen LogP contribution in [0.5, 0.6) is 0 Å². The zero-order chi connectivity index (χ0) is 8.39. The summed E-state index contributed by atoms with van der Waals surface area (Å²) < 4.78 is 0. The first kappa shape index (κ1) is 9.83. The first-order valence-corrected chi connectivity index (χ1v) is 3.67. The molecule has 0 unspecified atom stereocenters. The molecule has 3 nitrogen and oxygen atoms in total. The summed E-state index contributed by atoms with van der Waals surface area (Å²) in [5, 5.41) is 6.58. The van der Waals surface area contributed by atoms with E-state index in [4.69, 9.17) is 5.73 Å². The molecule has 1 heterocycles. The van der Waals surface area contributed by atoms with Crippen molar-refractivity contribution in [2.45, 2.75) is 0 Å². The van der Waals surface area contributed by atoms with Gasteiger partial charge in [-0.25, -0.2) is 0 Å². The summed E-state index contributed by atoms with van der Waals surface area (Å²) in [7, 11) is 0. The molecule has 0 aliphatic heterocycles. The predicted octanol–water partition coefficient (Wildman–Crippen LogP) is 2.76.